The van der Waals surface area contributed by atoms with E-state index in [2.05, 4.69) is 39.4 Å². The third-order valence-electron chi connectivity index (χ3n) is 5.38. The van der Waals surface area contributed by atoms with Crippen molar-refractivity contribution in [3.63, 3.8) is 0 Å². The van der Waals surface area contributed by atoms with Crippen LogP contribution in [0.25, 0.3) is 4.96 Å². The number of rotatable bonds is 5. The Labute approximate surface area is 173 Å². The SMILES string of the molecule is Cc1cc(=O)n2nc(N3CCC[C@H](C(=O)NC[C@H](C)c4ccccc4)C3)sc2n1. The van der Waals surface area contributed by atoms with E-state index in [1.165, 1.54) is 27.5 Å². The average Bonchev–Trinajstić information content (AvgIpc) is 3.17. The lowest BCUT2D eigenvalue weighted by Gasteiger charge is -2.31. The van der Waals surface area contributed by atoms with E-state index in [9.17, 15) is 9.59 Å². The van der Waals surface area contributed by atoms with Crippen molar-refractivity contribution in [1.29, 1.82) is 0 Å². The largest absolute Gasteiger partial charge is 0.355 e. The summed E-state index contributed by atoms with van der Waals surface area (Å²) in [5.41, 5.74) is 1.74. The van der Waals surface area contributed by atoms with Crippen LogP contribution < -0.4 is 15.8 Å². The number of benzene rings is 1. The Morgan fingerprint density at radius 1 is 1.34 bits per heavy atom. The van der Waals surface area contributed by atoms with Crippen molar-refractivity contribution in [3.05, 3.63) is 58.0 Å². The minimum atomic E-state index is -0.170. The summed E-state index contributed by atoms with van der Waals surface area (Å²) in [5, 5.41) is 8.30. The van der Waals surface area contributed by atoms with E-state index in [1.54, 1.807) is 6.92 Å². The Bertz CT molecular complexity index is 1060. The Kier molecular flexibility index (Phi) is 5.62. The van der Waals surface area contributed by atoms with Crippen LogP contribution in [0.4, 0.5) is 5.13 Å². The summed E-state index contributed by atoms with van der Waals surface area (Å²) >= 11 is 1.40. The first kappa shape index (κ1) is 19.6. The van der Waals surface area contributed by atoms with E-state index >= 15 is 0 Å². The lowest BCUT2D eigenvalue weighted by atomic mass is 9.96. The number of fused-ring (bicyclic) bond motifs is 1. The molecule has 152 valence electrons. The molecule has 4 rings (SSSR count). The second kappa shape index (κ2) is 8.32. The summed E-state index contributed by atoms with van der Waals surface area (Å²) in [6.45, 7) is 5.99. The van der Waals surface area contributed by atoms with Gasteiger partial charge in [-0.1, -0.05) is 48.6 Å². The van der Waals surface area contributed by atoms with Crippen LogP contribution in [0.3, 0.4) is 0 Å². The molecule has 0 bridgehead atoms. The zero-order valence-electron chi connectivity index (χ0n) is 16.7. The Morgan fingerprint density at radius 3 is 2.93 bits per heavy atom. The van der Waals surface area contributed by atoms with Crippen LogP contribution in [0.2, 0.25) is 0 Å². The molecule has 0 unspecified atom stereocenters. The third-order valence-corrected chi connectivity index (χ3v) is 6.35. The predicted molar refractivity (Wildman–Crippen MR) is 115 cm³/mol. The molecule has 0 aliphatic carbocycles. The number of amides is 1. The zero-order valence-corrected chi connectivity index (χ0v) is 17.5. The van der Waals surface area contributed by atoms with Gasteiger partial charge in [-0.15, -0.1) is 5.10 Å². The maximum absolute atomic E-state index is 12.8. The summed E-state index contributed by atoms with van der Waals surface area (Å²) in [6.07, 6.45) is 1.79. The average molecular weight is 412 g/mol. The molecule has 29 heavy (non-hydrogen) atoms. The molecular formula is C21H25N5O2S. The molecule has 1 fully saturated rings. The van der Waals surface area contributed by atoms with Crippen LogP contribution in [0, 0.1) is 12.8 Å². The van der Waals surface area contributed by atoms with Gasteiger partial charge < -0.3 is 10.2 Å². The highest BCUT2D eigenvalue weighted by molar-refractivity contribution is 7.20. The molecule has 1 amide bonds. The van der Waals surface area contributed by atoms with Gasteiger partial charge in [-0.25, -0.2) is 4.98 Å². The number of hydrogen-bond donors (Lipinski definition) is 1. The maximum Gasteiger partial charge on any atom is 0.275 e. The highest BCUT2D eigenvalue weighted by Crippen LogP contribution is 2.27. The van der Waals surface area contributed by atoms with Gasteiger partial charge in [0.2, 0.25) is 16.0 Å². The van der Waals surface area contributed by atoms with E-state index in [-0.39, 0.29) is 23.3 Å². The molecule has 2 aromatic heterocycles. The van der Waals surface area contributed by atoms with Crippen molar-refractivity contribution in [2.24, 2.45) is 5.92 Å². The van der Waals surface area contributed by atoms with Gasteiger partial charge in [0.05, 0.1) is 5.92 Å². The summed E-state index contributed by atoms with van der Waals surface area (Å²) in [4.78, 5) is 32.0. The highest BCUT2D eigenvalue weighted by atomic mass is 32.1. The lowest BCUT2D eigenvalue weighted by Crippen LogP contribution is -2.43. The molecule has 0 radical (unpaired) electrons. The van der Waals surface area contributed by atoms with Crippen molar-refractivity contribution >= 4 is 27.3 Å². The lowest BCUT2D eigenvalue weighted by molar-refractivity contribution is -0.125. The fourth-order valence-electron chi connectivity index (χ4n) is 3.70. The monoisotopic (exact) mass is 411 g/mol. The molecule has 3 aromatic rings. The smallest absolute Gasteiger partial charge is 0.275 e. The van der Waals surface area contributed by atoms with Gasteiger partial charge >= 0.3 is 0 Å². The Hall–Kier alpha value is -2.74. The summed E-state index contributed by atoms with van der Waals surface area (Å²) < 4.78 is 1.35. The molecule has 2 atom stereocenters. The molecule has 1 aromatic carbocycles. The zero-order chi connectivity index (χ0) is 20.4. The summed E-state index contributed by atoms with van der Waals surface area (Å²) in [6, 6.07) is 11.7. The van der Waals surface area contributed by atoms with E-state index in [0.29, 0.717) is 23.7 Å². The van der Waals surface area contributed by atoms with E-state index in [1.807, 2.05) is 18.2 Å². The molecule has 1 aliphatic heterocycles. The number of anilines is 1. The van der Waals surface area contributed by atoms with E-state index < -0.39 is 0 Å². The summed E-state index contributed by atoms with van der Waals surface area (Å²) in [5.74, 6) is 0.278. The highest BCUT2D eigenvalue weighted by Gasteiger charge is 2.28. The minimum absolute atomic E-state index is 0.0786. The van der Waals surface area contributed by atoms with Gasteiger partial charge in [-0.2, -0.15) is 4.52 Å². The number of carbonyl (C=O) groups excluding carboxylic acids is 1. The first-order valence-corrected chi connectivity index (χ1v) is 10.8. The Morgan fingerprint density at radius 2 is 2.14 bits per heavy atom. The quantitative estimate of drug-likeness (QED) is 0.698. The molecular weight excluding hydrogens is 386 g/mol. The number of carbonyl (C=O) groups is 1. The van der Waals surface area contributed by atoms with Crippen LogP contribution in [0.5, 0.6) is 0 Å². The number of nitrogens with one attached hydrogen (secondary N) is 1. The molecule has 1 aliphatic rings. The first-order valence-electron chi connectivity index (χ1n) is 9.96. The van der Waals surface area contributed by atoms with Crippen molar-refractivity contribution in [2.75, 3.05) is 24.5 Å². The Balaban J connectivity index is 1.41. The second-order valence-electron chi connectivity index (χ2n) is 7.66. The van der Waals surface area contributed by atoms with Gasteiger partial charge in [-0.3, -0.25) is 9.59 Å². The van der Waals surface area contributed by atoms with Crippen molar-refractivity contribution < 1.29 is 4.79 Å². The van der Waals surface area contributed by atoms with Crippen molar-refractivity contribution in [2.45, 2.75) is 32.6 Å². The van der Waals surface area contributed by atoms with Crippen molar-refractivity contribution in [1.82, 2.24) is 19.9 Å². The fourth-order valence-corrected chi connectivity index (χ4v) is 4.69. The van der Waals surface area contributed by atoms with Gasteiger partial charge in [0.15, 0.2) is 0 Å². The van der Waals surface area contributed by atoms with Crippen LogP contribution in [0.15, 0.2) is 41.2 Å². The van der Waals surface area contributed by atoms with Gasteiger partial charge in [0.25, 0.3) is 5.56 Å². The normalized spacial score (nSPS) is 18.0. The molecule has 1 saturated heterocycles. The molecule has 3 heterocycles. The van der Waals surface area contributed by atoms with Crippen LogP contribution in [0.1, 0.15) is 36.9 Å². The van der Waals surface area contributed by atoms with Crippen LogP contribution in [-0.2, 0) is 4.79 Å². The van der Waals surface area contributed by atoms with Crippen molar-refractivity contribution in [3.8, 4) is 0 Å². The number of nitrogens with zero attached hydrogens (tertiary/aromatic N) is 4. The number of hydrogen-bond acceptors (Lipinski definition) is 6. The first-order chi connectivity index (χ1) is 14.0. The third kappa shape index (κ3) is 4.32. The van der Waals surface area contributed by atoms with E-state index in [0.717, 1.165) is 24.5 Å². The molecule has 0 saturated carbocycles. The molecule has 7 nitrogen and oxygen atoms in total. The van der Waals surface area contributed by atoms with Gasteiger partial charge in [0, 0.05) is 31.4 Å². The molecule has 8 heteroatoms. The minimum Gasteiger partial charge on any atom is -0.355 e. The number of aromatic nitrogens is 3. The number of aryl methyl sites for hydroxylation is 1. The van der Waals surface area contributed by atoms with Crippen LogP contribution in [-0.4, -0.2) is 40.1 Å². The topological polar surface area (TPSA) is 79.6 Å². The molecule has 0 spiro atoms. The fraction of sp³-hybridized carbons (Fsp3) is 0.429. The van der Waals surface area contributed by atoms with Gasteiger partial charge in [-0.05, 0) is 31.2 Å². The van der Waals surface area contributed by atoms with Gasteiger partial charge in [0.1, 0.15) is 0 Å². The maximum atomic E-state index is 12.8. The molecule has 1 N–H and O–H groups in total. The number of piperidine rings is 1. The van der Waals surface area contributed by atoms with E-state index in [4.69, 9.17) is 0 Å². The summed E-state index contributed by atoms with van der Waals surface area (Å²) in [7, 11) is 0. The standard InChI is InChI=1S/C21H25N5O2S/c1-14(16-7-4-3-5-8-16)12-22-19(28)17-9-6-10-25(13-17)21-24-26-18(27)11-15(2)23-20(26)29-21/h3-5,7-8,11,14,17H,6,9-10,12-13H2,1-2H3,(H,22,28)/t14-,17-/m0/s1. The van der Waals surface area contributed by atoms with Crippen LogP contribution >= 0.6 is 11.3 Å². The second-order valence-corrected chi connectivity index (χ2v) is 8.59. The predicted octanol–water partition coefficient (Wildman–Crippen LogP) is 2.60.